The number of rotatable bonds is 8. The molecule has 1 atom stereocenters. The van der Waals surface area contributed by atoms with Crippen LogP contribution < -0.4 is 10.6 Å². The summed E-state index contributed by atoms with van der Waals surface area (Å²) < 4.78 is 0. The van der Waals surface area contributed by atoms with Gasteiger partial charge in [-0.15, -0.1) is 0 Å². The lowest BCUT2D eigenvalue weighted by atomic mass is 10.0. The normalized spacial score (nSPS) is 15.0. The summed E-state index contributed by atoms with van der Waals surface area (Å²) in [7, 11) is 0. The first kappa shape index (κ1) is 19.4. The summed E-state index contributed by atoms with van der Waals surface area (Å²) in [6.45, 7) is 8.83. The Morgan fingerprint density at radius 2 is 1.74 bits per heavy atom. The Hall–Kier alpha value is -2.40. The average molecular weight is 367 g/mol. The van der Waals surface area contributed by atoms with Crippen molar-refractivity contribution in [3.8, 4) is 0 Å². The zero-order chi connectivity index (χ0) is 19.4. The van der Waals surface area contributed by atoms with Gasteiger partial charge in [0, 0.05) is 18.5 Å². The van der Waals surface area contributed by atoms with Crippen molar-refractivity contribution in [1.82, 2.24) is 10.2 Å². The highest BCUT2D eigenvalue weighted by atomic mass is 16.2. The van der Waals surface area contributed by atoms with Crippen LogP contribution in [-0.2, 0) is 4.79 Å². The van der Waals surface area contributed by atoms with E-state index in [1.807, 2.05) is 36.4 Å². The highest BCUT2D eigenvalue weighted by molar-refractivity contribution is 6.08. The van der Waals surface area contributed by atoms with E-state index in [0.29, 0.717) is 17.8 Å². The lowest BCUT2D eigenvalue weighted by Crippen LogP contribution is -2.42. The number of benzene rings is 2. The zero-order valence-corrected chi connectivity index (χ0v) is 16.4. The van der Waals surface area contributed by atoms with Crippen molar-refractivity contribution in [2.45, 2.75) is 39.7 Å². The third-order valence-electron chi connectivity index (χ3n) is 5.33. The van der Waals surface area contributed by atoms with Gasteiger partial charge in [0.25, 0.3) is 5.91 Å². The van der Waals surface area contributed by atoms with E-state index in [1.54, 1.807) is 0 Å². The molecule has 3 rings (SSSR count). The Bertz CT molecular complexity index is 825. The van der Waals surface area contributed by atoms with Crippen molar-refractivity contribution in [2.24, 2.45) is 5.92 Å². The monoisotopic (exact) mass is 367 g/mol. The number of hydrogen-bond acceptors (Lipinski definition) is 3. The summed E-state index contributed by atoms with van der Waals surface area (Å²) in [5.74, 6) is -0.0447. The molecule has 0 spiro atoms. The Labute approximate surface area is 161 Å². The molecule has 0 radical (unpaired) electrons. The summed E-state index contributed by atoms with van der Waals surface area (Å²) in [6, 6.07) is 11.9. The molecule has 0 aromatic heterocycles. The second-order valence-corrected chi connectivity index (χ2v) is 7.29. The van der Waals surface area contributed by atoms with Crippen LogP contribution in [0.3, 0.4) is 0 Å². The van der Waals surface area contributed by atoms with Gasteiger partial charge in [-0.2, -0.15) is 0 Å². The molecule has 1 unspecified atom stereocenters. The molecule has 0 bridgehead atoms. The Morgan fingerprint density at radius 1 is 1.11 bits per heavy atom. The zero-order valence-electron chi connectivity index (χ0n) is 16.4. The SMILES string of the molecule is CCN(CC)C(C)CNC(=O)c1cc2ccccc2cc1NC(=O)C1CC1. The molecule has 27 heavy (non-hydrogen) atoms. The Balaban J connectivity index is 1.81. The fraction of sp³-hybridized carbons (Fsp3) is 0.455. The van der Waals surface area contributed by atoms with Gasteiger partial charge in [-0.3, -0.25) is 14.5 Å². The molecule has 1 fully saturated rings. The van der Waals surface area contributed by atoms with Gasteiger partial charge < -0.3 is 10.6 Å². The minimum Gasteiger partial charge on any atom is -0.350 e. The molecule has 5 nitrogen and oxygen atoms in total. The predicted molar refractivity (Wildman–Crippen MR) is 110 cm³/mol. The van der Waals surface area contributed by atoms with Crippen molar-refractivity contribution < 1.29 is 9.59 Å². The topological polar surface area (TPSA) is 61.4 Å². The molecule has 5 heteroatoms. The van der Waals surface area contributed by atoms with Gasteiger partial charge in [0.2, 0.25) is 5.91 Å². The lowest BCUT2D eigenvalue weighted by Gasteiger charge is -2.26. The van der Waals surface area contributed by atoms with E-state index < -0.39 is 0 Å². The second-order valence-electron chi connectivity index (χ2n) is 7.29. The maximum absolute atomic E-state index is 12.9. The maximum Gasteiger partial charge on any atom is 0.253 e. The van der Waals surface area contributed by atoms with E-state index in [2.05, 4.69) is 36.3 Å². The molecule has 1 saturated carbocycles. The largest absolute Gasteiger partial charge is 0.350 e. The van der Waals surface area contributed by atoms with E-state index in [0.717, 1.165) is 36.7 Å². The standard InChI is InChI=1S/C22H29N3O2/c1-4-25(5-2)15(3)14-23-22(27)19-12-17-8-6-7-9-18(17)13-20(19)24-21(26)16-10-11-16/h6-9,12-13,15-16H,4-5,10-11,14H2,1-3H3,(H,23,27)(H,24,26). The number of likely N-dealkylation sites (N-methyl/N-ethyl adjacent to an activating group) is 1. The number of anilines is 1. The molecule has 0 aliphatic heterocycles. The first-order valence-electron chi connectivity index (χ1n) is 9.89. The number of nitrogens with one attached hydrogen (secondary N) is 2. The molecule has 2 N–H and O–H groups in total. The number of hydrogen-bond donors (Lipinski definition) is 2. The van der Waals surface area contributed by atoms with E-state index in [-0.39, 0.29) is 23.8 Å². The van der Waals surface area contributed by atoms with Crippen molar-refractivity contribution in [2.75, 3.05) is 25.0 Å². The molecule has 0 heterocycles. The average Bonchev–Trinajstić information content (AvgIpc) is 3.52. The molecule has 2 amide bonds. The van der Waals surface area contributed by atoms with Gasteiger partial charge in [0.15, 0.2) is 0 Å². The molecule has 2 aromatic rings. The summed E-state index contributed by atoms with van der Waals surface area (Å²) in [5.41, 5.74) is 1.12. The maximum atomic E-state index is 12.9. The third kappa shape index (κ3) is 4.66. The van der Waals surface area contributed by atoms with Crippen LogP contribution in [0.4, 0.5) is 5.69 Å². The van der Waals surface area contributed by atoms with Crippen LogP contribution >= 0.6 is 0 Å². The van der Waals surface area contributed by atoms with Gasteiger partial charge in [0.05, 0.1) is 11.3 Å². The van der Waals surface area contributed by atoms with Crippen LogP contribution in [0, 0.1) is 5.92 Å². The highest BCUT2D eigenvalue weighted by Crippen LogP contribution is 2.32. The number of fused-ring (bicyclic) bond motifs is 1. The first-order chi connectivity index (χ1) is 13.0. The second kappa shape index (κ2) is 8.53. The van der Waals surface area contributed by atoms with Gasteiger partial charge in [0.1, 0.15) is 0 Å². The van der Waals surface area contributed by atoms with Crippen molar-refractivity contribution in [3.63, 3.8) is 0 Å². The Kier molecular flexibility index (Phi) is 6.11. The van der Waals surface area contributed by atoms with Crippen LogP contribution in [0.2, 0.25) is 0 Å². The fourth-order valence-corrected chi connectivity index (χ4v) is 3.42. The predicted octanol–water partition coefficient (Wildman–Crippen LogP) is 3.65. The molecule has 144 valence electrons. The molecule has 1 aliphatic rings. The molecule has 2 aromatic carbocycles. The molecular formula is C22H29N3O2. The number of carbonyl (C=O) groups excluding carboxylic acids is 2. The van der Waals surface area contributed by atoms with Crippen LogP contribution in [0.1, 0.15) is 44.0 Å². The van der Waals surface area contributed by atoms with Gasteiger partial charge in [-0.05, 0) is 55.8 Å². The van der Waals surface area contributed by atoms with Crippen LogP contribution in [-0.4, -0.2) is 42.4 Å². The van der Waals surface area contributed by atoms with E-state index in [4.69, 9.17) is 0 Å². The molecule has 0 saturated heterocycles. The Morgan fingerprint density at radius 3 is 2.33 bits per heavy atom. The van der Waals surface area contributed by atoms with Crippen molar-refractivity contribution in [1.29, 1.82) is 0 Å². The summed E-state index contributed by atoms with van der Waals surface area (Å²) in [6.07, 6.45) is 1.87. The number of amides is 2. The lowest BCUT2D eigenvalue weighted by molar-refractivity contribution is -0.117. The van der Waals surface area contributed by atoms with E-state index >= 15 is 0 Å². The number of carbonyl (C=O) groups is 2. The van der Waals surface area contributed by atoms with E-state index in [9.17, 15) is 9.59 Å². The number of nitrogens with zero attached hydrogens (tertiary/aromatic N) is 1. The summed E-state index contributed by atoms with van der Waals surface area (Å²) >= 11 is 0. The van der Waals surface area contributed by atoms with Crippen LogP contribution in [0.15, 0.2) is 36.4 Å². The van der Waals surface area contributed by atoms with Gasteiger partial charge in [-0.25, -0.2) is 0 Å². The quantitative estimate of drug-likeness (QED) is 0.749. The smallest absolute Gasteiger partial charge is 0.253 e. The third-order valence-corrected chi connectivity index (χ3v) is 5.33. The van der Waals surface area contributed by atoms with Gasteiger partial charge in [-0.1, -0.05) is 38.1 Å². The van der Waals surface area contributed by atoms with E-state index in [1.165, 1.54) is 0 Å². The summed E-state index contributed by atoms with van der Waals surface area (Å²) in [5, 5.41) is 8.01. The first-order valence-corrected chi connectivity index (χ1v) is 9.89. The van der Waals surface area contributed by atoms with Crippen molar-refractivity contribution in [3.05, 3.63) is 42.0 Å². The van der Waals surface area contributed by atoms with Crippen molar-refractivity contribution >= 4 is 28.3 Å². The minimum absolute atomic E-state index is 0.0100. The fourth-order valence-electron chi connectivity index (χ4n) is 3.42. The van der Waals surface area contributed by atoms with Crippen LogP contribution in [0.25, 0.3) is 10.8 Å². The van der Waals surface area contributed by atoms with Crippen LogP contribution in [0.5, 0.6) is 0 Å². The minimum atomic E-state index is -0.147. The molecule has 1 aliphatic carbocycles. The highest BCUT2D eigenvalue weighted by Gasteiger charge is 2.30. The van der Waals surface area contributed by atoms with Gasteiger partial charge >= 0.3 is 0 Å². The summed E-state index contributed by atoms with van der Waals surface area (Å²) in [4.78, 5) is 27.5. The molecular weight excluding hydrogens is 338 g/mol.